The molecule has 0 bridgehead atoms. The standard InChI is InChI=1S/C21H22O2/c1-12-8-15-10-13-4-2-6-17(22)19(13)21(15)16(9-12)11-14-5-3-7-18(23)20(14)21/h2-7,12,15-16,22-23H,8-11H2,1H3/t15-,16-,21?/m1/s1. The molecule has 1 fully saturated rings. The van der Waals surface area contributed by atoms with Crippen molar-refractivity contribution in [2.45, 2.75) is 38.0 Å². The van der Waals surface area contributed by atoms with Crippen molar-refractivity contribution in [3.63, 3.8) is 0 Å². The van der Waals surface area contributed by atoms with Crippen LogP contribution in [0.3, 0.4) is 0 Å². The van der Waals surface area contributed by atoms with Gasteiger partial charge in [-0.3, -0.25) is 0 Å². The minimum Gasteiger partial charge on any atom is -0.508 e. The van der Waals surface area contributed by atoms with E-state index in [-0.39, 0.29) is 5.41 Å². The van der Waals surface area contributed by atoms with Crippen LogP contribution in [-0.2, 0) is 18.3 Å². The molecular weight excluding hydrogens is 284 g/mol. The van der Waals surface area contributed by atoms with Crippen LogP contribution in [0.5, 0.6) is 11.5 Å². The molecule has 2 atom stereocenters. The van der Waals surface area contributed by atoms with Crippen LogP contribution in [0.15, 0.2) is 36.4 Å². The van der Waals surface area contributed by atoms with Crippen molar-refractivity contribution in [1.29, 1.82) is 0 Å². The number of hydrogen-bond donors (Lipinski definition) is 2. The van der Waals surface area contributed by atoms with Gasteiger partial charge in [0.2, 0.25) is 0 Å². The van der Waals surface area contributed by atoms with Gasteiger partial charge in [-0.15, -0.1) is 0 Å². The molecule has 0 aromatic heterocycles. The van der Waals surface area contributed by atoms with Crippen LogP contribution in [0.1, 0.15) is 42.0 Å². The summed E-state index contributed by atoms with van der Waals surface area (Å²) in [4.78, 5) is 0. The summed E-state index contributed by atoms with van der Waals surface area (Å²) in [6.45, 7) is 2.36. The summed E-state index contributed by atoms with van der Waals surface area (Å²) in [7, 11) is 0. The van der Waals surface area contributed by atoms with Crippen LogP contribution >= 0.6 is 0 Å². The molecule has 1 saturated carbocycles. The maximum absolute atomic E-state index is 10.7. The summed E-state index contributed by atoms with van der Waals surface area (Å²) in [5, 5.41) is 21.4. The van der Waals surface area contributed by atoms with Crippen LogP contribution in [0, 0.1) is 17.8 Å². The van der Waals surface area contributed by atoms with Crippen LogP contribution < -0.4 is 0 Å². The van der Waals surface area contributed by atoms with Gasteiger partial charge in [-0.1, -0.05) is 31.2 Å². The Morgan fingerprint density at radius 1 is 0.826 bits per heavy atom. The predicted molar refractivity (Wildman–Crippen MR) is 89.8 cm³/mol. The monoisotopic (exact) mass is 306 g/mol. The molecule has 0 radical (unpaired) electrons. The Labute approximate surface area is 136 Å². The lowest BCUT2D eigenvalue weighted by Crippen LogP contribution is -2.43. The Bertz CT molecular complexity index is 740. The van der Waals surface area contributed by atoms with Crippen LogP contribution in [-0.4, -0.2) is 10.2 Å². The van der Waals surface area contributed by atoms with E-state index in [1.54, 1.807) is 0 Å². The third-order valence-electron chi connectivity index (χ3n) is 6.68. The number of benzene rings is 2. The van der Waals surface area contributed by atoms with E-state index < -0.39 is 0 Å². The first kappa shape index (κ1) is 13.5. The largest absolute Gasteiger partial charge is 0.508 e. The molecule has 2 heteroatoms. The molecule has 0 aliphatic heterocycles. The third kappa shape index (κ3) is 1.50. The van der Waals surface area contributed by atoms with Gasteiger partial charge in [0.1, 0.15) is 11.5 Å². The number of hydrogen-bond acceptors (Lipinski definition) is 2. The van der Waals surface area contributed by atoms with E-state index in [1.165, 1.54) is 24.0 Å². The zero-order valence-electron chi connectivity index (χ0n) is 13.4. The fraction of sp³-hybridized carbons (Fsp3) is 0.429. The molecule has 5 rings (SSSR count). The first-order valence-corrected chi connectivity index (χ1v) is 8.75. The fourth-order valence-corrected chi connectivity index (χ4v) is 6.20. The molecule has 2 aromatic rings. The SMILES string of the molecule is CC1C[C@@H]2Cc3cccc(O)c3C23c2c(O)cccc2C[C@H]3C1. The Morgan fingerprint density at radius 3 is 1.78 bits per heavy atom. The second-order valence-corrected chi connectivity index (χ2v) is 7.87. The zero-order chi connectivity index (χ0) is 15.8. The van der Waals surface area contributed by atoms with Crippen molar-refractivity contribution in [3.05, 3.63) is 58.7 Å². The van der Waals surface area contributed by atoms with Gasteiger partial charge >= 0.3 is 0 Å². The van der Waals surface area contributed by atoms with Crippen molar-refractivity contribution in [2.75, 3.05) is 0 Å². The van der Waals surface area contributed by atoms with Gasteiger partial charge in [-0.25, -0.2) is 0 Å². The smallest absolute Gasteiger partial charge is 0.119 e. The van der Waals surface area contributed by atoms with Crippen molar-refractivity contribution in [3.8, 4) is 11.5 Å². The lowest BCUT2D eigenvalue weighted by Gasteiger charge is -2.46. The predicted octanol–water partition coefficient (Wildman–Crippen LogP) is 4.16. The molecule has 23 heavy (non-hydrogen) atoms. The number of phenolic OH excluding ortho intramolecular Hbond substituents is 2. The Balaban J connectivity index is 1.87. The topological polar surface area (TPSA) is 40.5 Å². The lowest BCUT2D eigenvalue weighted by atomic mass is 9.57. The molecule has 2 aromatic carbocycles. The van der Waals surface area contributed by atoms with Crippen molar-refractivity contribution in [2.24, 2.45) is 17.8 Å². The number of rotatable bonds is 0. The molecule has 0 saturated heterocycles. The van der Waals surface area contributed by atoms with Crippen LogP contribution in [0.2, 0.25) is 0 Å². The van der Waals surface area contributed by atoms with E-state index in [9.17, 15) is 10.2 Å². The molecule has 0 amide bonds. The summed E-state index contributed by atoms with van der Waals surface area (Å²) in [6.07, 6.45) is 4.41. The fourth-order valence-electron chi connectivity index (χ4n) is 6.20. The highest BCUT2D eigenvalue weighted by Crippen LogP contribution is 2.66. The number of aromatic hydroxyl groups is 2. The highest BCUT2D eigenvalue weighted by Gasteiger charge is 2.61. The molecule has 2 N–H and O–H groups in total. The van der Waals surface area contributed by atoms with Gasteiger partial charge in [0, 0.05) is 16.5 Å². The lowest BCUT2D eigenvalue weighted by molar-refractivity contribution is 0.129. The molecule has 2 nitrogen and oxygen atoms in total. The minimum atomic E-state index is -0.173. The summed E-state index contributed by atoms with van der Waals surface area (Å²) in [6, 6.07) is 11.9. The highest BCUT2D eigenvalue weighted by molar-refractivity contribution is 5.64. The molecule has 118 valence electrons. The molecule has 3 aliphatic carbocycles. The highest BCUT2D eigenvalue weighted by atomic mass is 16.3. The van der Waals surface area contributed by atoms with E-state index >= 15 is 0 Å². The van der Waals surface area contributed by atoms with E-state index in [1.807, 2.05) is 24.3 Å². The third-order valence-corrected chi connectivity index (χ3v) is 6.68. The molecule has 0 heterocycles. The van der Waals surface area contributed by atoms with Gasteiger partial charge in [-0.2, -0.15) is 0 Å². The Hall–Kier alpha value is -1.96. The summed E-state index contributed by atoms with van der Waals surface area (Å²) in [5.41, 5.74) is 4.62. The van der Waals surface area contributed by atoms with Gasteiger partial charge < -0.3 is 10.2 Å². The summed E-state index contributed by atoms with van der Waals surface area (Å²) in [5.74, 6) is 2.54. The van der Waals surface area contributed by atoms with Crippen molar-refractivity contribution < 1.29 is 10.2 Å². The normalized spacial score (nSPS) is 33.7. The Kier molecular flexibility index (Phi) is 2.53. The molecular formula is C21H22O2. The first-order valence-electron chi connectivity index (χ1n) is 8.75. The van der Waals surface area contributed by atoms with Gasteiger partial charge in [0.25, 0.3) is 0 Å². The van der Waals surface area contributed by atoms with Gasteiger partial charge in [0.15, 0.2) is 0 Å². The molecule has 0 unspecified atom stereocenters. The quantitative estimate of drug-likeness (QED) is 0.767. The number of fused-ring (bicyclic) bond motifs is 2. The summed E-state index contributed by atoms with van der Waals surface area (Å²) < 4.78 is 0. The van der Waals surface area contributed by atoms with E-state index in [0.29, 0.717) is 29.3 Å². The average molecular weight is 306 g/mol. The van der Waals surface area contributed by atoms with Gasteiger partial charge in [0.05, 0.1) is 0 Å². The van der Waals surface area contributed by atoms with E-state index in [2.05, 4.69) is 19.1 Å². The summed E-state index contributed by atoms with van der Waals surface area (Å²) >= 11 is 0. The number of phenols is 2. The molecule has 3 aliphatic rings. The molecule has 1 spiro atoms. The van der Waals surface area contributed by atoms with E-state index in [4.69, 9.17) is 0 Å². The second kappa shape index (κ2) is 4.31. The second-order valence-electron chi connectivity index (χ2n) is 7.87. The Morgan fingerprint density at radius 2 is 1.30 bits per heavy atom. The van der Waals surface area contributed by atoms with Crippen LogP contribution in [0.25, 0.3) is 0 Å². The van der Waals surface area contributed by atoms with Crippen molar-refractivity contribution >= 4 is 0 Å². The minimum absolute atomic E-state index is 0.173. The maximum atomic E-state index is 10.7. The van der Waals surface area contributed by atoms with Gasteiger partial charge in [-0.05, 0) is 66.7 Å². The van der Waals surface area contributed by atoms with Crippen LogP contribution in [0.4, 0.5) is 0 Å². The zero-order valence-corrected chi connectivity index (χ0v) is 13.4. The average Bonchev–Trinajstić information content (AvgIpc) is 3.00. The maximum Gasteiger partial charge on any atom is 0.119 e. The van der Waals surface area contributed by atoms with E-state index in [0.717, 1.165) is 24.0 Å². The van der Waals surface area contributed by atoms with Crippen molar-refractivity contribution in [1.82, 2.24) is 0 Å². The first-order chi connectivity index (χ1) is 11.1.